The molecule has 0 bridgehead atoms. The summed E-state index contributed by atoms with van der Waals surface area (Å²) in [4.78, 5) is 24.7. The van der Waals surface area contributed by atoms with Gasteiger partial charge in [-0.2, -0.15) is 0 Å². The number of carboxylic acids is 1. The normalized spacial score (nSPS) is 11.4. The summed E-state index contributed by atoms with van der Waals surface area (Å²) in [6.07, 6.45) is 0. The van der Waals surface area contributed by atoms with Crippen molar-refractivity contribution in [1.29, 1.82) is 0 Å². The van der Waals surface area contributed by atoms with Crippen LogP contribution in [-0.2, 0) is 4.79 Å². The highest BCUT2D eigenvalue weighted by atomic mass is 16.5. The number of nitrogens with zero attached hydrogens (tertiary/aromatic N) is 1. The number of benzene rings is 1. The van der Waals surface area contributed by atoms with E-state index >= 15 is 0 Å². The van der Waals surface area contributed by atoms with Crippen LogP contribution in [0.25, 0.3) is 0 Å². The molecule has 22 heavy (non-hydrogen) atoms. The maximum atomic E-state index is 12.4. The molecule has 0 aliphatic heterocycles. The van der Waals surface area contributed by atoms with E-state index in [1.165, 1.54) is 4.90 Å². The van der Waals surface area contributed by atoms with Crippen LogP contribution in [0.5, 0.6) is 5.75 Å². The van der Waals surface area contributed by atoms with Crippen molar-refractivity contribution in [2.45, 2.75) is 40.2 Å². The molecule has 122 valence electrons. The van der Waals surface area contributed by atoms with Crippen molar-refractivity contribution in [3.8, 4) is 5.75 Å². The summed E-state index contributed by atoms with van der Waals surface area (Å²) >= 11 is 0. The van der Waals surface area contributed by atoms with Gasteiger partial charge >= 0.3 is 5.97 Å². The second-order valence-corrected chi connectivity index (χ2v) is 6.71. The van der Waals surface area contributed by atoms with Crippen LogP contribution in [0.4, 0.5) is 0 Å². The molecule has 0 heterocycles. The molecule has 0 aliphatic carbocycles. The van der Waals surface area contributed by atoms with Crippen molar-refractivity contribution in [2.75, 3.05) is 13.1 Å². The zero-order chi connectivity index (χ0) is 16.9. The van der Waals surface area contributed by atoms with Crippen molar-refractivity contribution < 1.29 is 19.4 Å². The second-order valence-electron chi connectivity index (χ2n) is 6.71. The minimum Gasteiger partial charge on any atom is -0.488 e. The molecule has 0 aromatic heterocycles. The molecule has 0 saturated heterocycles. The zero-order valence-electron chi connectivity index (χ0n) is 13.9. The molecule has 5 heteroatoms. The van der Waals surface area contributed by atoms with Crippen LogP contribution < -0.4 is 4.74 Å². The van der Waals surface area contributed by atoms with Crippen molar-refractivity contribution >= 4 is 11.9 Å². The first-order valence-electron chi connectivity index (χ1n) is 7.38. The number of carbonyl (C=O) groups is 2. The third kappa shape index (κ3) is 6.16. The van der Waals surface area contributed by atoms with E-state index < -0.39 is 5.97 Å². The molecular formula is C17H25NO4. The Morgan fingerprint density at radius 2 is 1.73 bits per heavy atom. The number of carbonyl (C=O) groups excluding carboxylic acids is 1. The van der Waals surface area contributed by atoms with Crippen molar-refractivity contribution in [3.05, 3.63) is 29.8 Å². The van der Waals surface area contributed by atoms with Crippen molar-refractivity contribution in [1.82, 2.24) is 4.90 Å². The lowest BCUT2D eigenvalue weighted by atomic mass is 10.1. The molecule has 0 atom stereocenters. The van der Waals surface area contributed by atoms with Gasteiger partial charge in [-0.15, -0.1) is 0 Å². The van der Waals surface area contributed by atoms with Gasteiger partial charge in [0, 0.05) is 12.1 Å². The van der Waals surface area contributed by atoms with Gasteiger partial charge in [-0.25, -0.2) is 0 Å². The summed E-state index contributed by atoms with van der Waals surface area (Å²) in [5.41, 5.74) is 0.154. The topological polar surface area (TPSA) is 66.8 Å². The van der Waals surface area contributed by atoms with Gasteiger partial charge in [-0.3, -0.25) is 9.59 Å². The van der Waals surface area contributed by atoms with E-state index in [0.717, 1.165) is 0 Å². The standard InChI is InChI=1S/C17H25NO4/c1-12(2)10-18(11-15(19)20)16(21)13-6-8-14(9-7-13)22-17(3,4)5/h6-9,12H,10-11H2,1-5H3,(H,19,20). The summed E-state index contributed by atoms with van der Waals surface area (Å²) < 4.78 is 5.71. The van der Waals surface area contributed by atoms with E-state index in [1.54, 1.807) is 24.3 Å². The predicted molar refractivity (Wildman–Crippen MR) is 85.2 cm³/mol. The van der Waals surface area contributed by atoms with Gasteiger partial charge in [-0.05, 0) is 51.0 Å². The van der Waals surface area contributed by atoms with E-state index in [0.29, 0.717) is 17.9 Å². The van der Waals surface area contributed by atoms with Gasteiger partial charge < -0.3 is 14.7 Å². The molecule has 0 fully saturated rings. The van der Waals surface area contributed by atoms with Crippen LogP contribution in [0, 0.1) is 5.92 Å². The lowest BCUT2D eigenvalue weighted by Gasteiger charge is -2.24. The van der Waals surface area contributed by atoms with E-state index in [4.69, 9.17) is 9.84 Å². The highest BCUT2D eigenvalue weighted by molar-refractivity contribution is 5.95. The largest absolute Gasteiger partial charge is 0.488 e. The first-order chi connectivity index (χ1) is 10.1. The number of hydrogen-bond donors (Lipinski definition) is 1. The Hall–Kier alpha value is -2.04. The number of ether oxygens (including phenoxy) is 1. The fourth-order valence-corrected chi connectivity index (χ4v) is 2.02. The van der Waals surface area contributed by atoms with E-state index in [2.05, 4.69) is 0 Å². The maximum Gasteiger partial charge on any atom is 0.323 e. The number of hydrogen-bond acceptors (Lipinski definition) is 3. The van der Waals surface area contributed by atoms with E-state index in [9.17, 15) is 9.59 Å². The Kier molecular flexibility index (Phi) is 5.97. The summed E-state index contributed by atoms with van der Waals surface area (Å²) in [5.74, 6) is -0.412. The molecule has 0 spiro atoms. The summed E-state index contributed by atoms with van der Waals surface area (Å²) in [5, 5.41) is 8.95. The number of amides is 1. The van der Waals surface area contributed by atoms with Gasteiger partial charge in [0.25, 0.3) is 5.91 Å². The molecule has 0 radical (unpaired) electrons. The Morgan fingerprint density at radius 1 is 1.18 bits per heavy atom. The van der Waals surface area contributed by atoms with E-state index in [1.807, 2.05) is 34.6 Å². The van der Waals surface area contributed by atoms with Crippen LogP contribution >= 0.6 is 0 Å². The first-order valence-corrected chi connectivity index (χ1v) is 7.38. The third-order valence-electron chi connectivity index (χ3n) is 2.72. The maximum absolute atomic E-state index is 12.4. The Balaban J connectivity index is 2.87. The van der Waals surface area contributed by atoms with Crippen LogP contribution in [0.3, 0.4) is 0 Å². The van der Waals surface area contributed by atoms with Gasteiger partial charge in [0.1, 0.15) is 17.9 Å². The number of rotatable bonds is 6. The van der Waals surface area contributed by atoms with Crippen molar-refractivity contribution in [2.24, 2.45) is 5.92 Å². The number of aliphatic carboxylic acids is 1. The fourth-order valence-electron chi connectivity index (χ4n) is 2.02. The molecule has 1 aromatic rings. The van der Waals surface area contributed by atoms with E-state index in [-0.39, 0.29) is 24.0 Å². The molecule has 0 aliphatic rings. The highest BCUT2D eigenvalue weighted by Gasteiger charge is 2.20. The second kappa shape index (κ2) is 7.29. The number of carboxylic acid groups (broad SMARTS) is 1. The molecular weight excluding hydrogens is 282 g/mol. The molecule has 1 amide bonds. The zero-order valence-corrected chi connectivity index (χ0v) is 13.9. The molecule has 1 N–H and O–H groups in total. The minimum absolute atomic E-state index is 0.201. The SMILES string of the molecule is CC(C)CN(CC(=O)O)C(=O)c1ccc(OC(C)(C)C)cc1. The monoisotopic (exact) mass is 307 g/mol. The van der Waals surface area contributed by atoms with Gasteiger partial charge in [0.05, 0.1) is 0 Å². The summed E-state index contributed by atoms with van der Waals surface area (Å²) in [6.45, 7) is 9.85. The first kappa shape index (κ1) is 18.0. The third-order valence-corrected chi connectivity index (χ3v) is 2.72. The summed E-state index contributed by atoms with van der Waals surface area (Å²) in [7, 11) is 0. The molecule has 0 saturated carbocycles. The highest BCUT2D eigenvalue weighted by Crippen LogP contribution is 2.19. The molecule has 5 nitrogen and oxygen atoms in total. The molecule has 1 rings (SSSR count). The van der Waals surface area contributed by atoms with Gasteiger partial charge in [0.15, 0.2) is 0 Å². The fraction of sp³-hybridized carbons (Fsp3) is 0.529. The Morgan fingerprint density at radius 3 is 2.14 bits per heavy atom. The molecule has 1 aromatic carbocycles. The van der Waals surface area contributed by atoms with Crippen LogP contribution in [0.2, 0.25) is 0 Å². The molecule has 0 unspecified atom stereocenters. The summed E-state index contributed by atoms with van der Waals surface area (Å²) in [6, 6.07) is 6.79. The Bertz CT molecular complexity index is 514. The predicted octanol–water partition coefficient (Wildman–Crippen LogP) is 3.05. The van der Waals surface area contributed by atoms with Crippen LogP contribution in [-0.4, -0.2) is 40.6 Å². The quantitative estimate of drug-likeness (QED) is 0.877. The average Bonchev–Trinajstić information content (AvgIpc) is 2.35. The minimum atomic E-state index is -1.01. The average molecular weight is 307 g/mol. The van der Waals surface area contributed by atoms with Crippen LogP contribution in [0.15, 0.2) is 24.3 Å². The van der Waals surface area contributed by atoms with Crippen molar-refractivity contribution in [3.63, 3.8) is 0 Å². The smallest absolute Gasteiger partial charge is 0.323 e. The van der Waals surface area contributed by atoms with Gasteiger partial charge in [-0.1, -0.05) is 13.8 Å². The van der Waals surface area contributed by atoms with Crippen LogP contribution in [0.1, 0.15) is 45.0 Å². The lowest BCUT2D eigenvalue weighted by Crippen LogP contribution is -2.38. The lowest BCUT2D eigenvalue weighted by molar-refractivity contribution is -0.137. The van der Waals surface area contributed by atoms with Gasteiger partial charge in [0.2, 0.25) is 0 Å². The Labute approximate surface area is 131 Å².